The van der Waals surface area contributed by atoms with E-state index in [0.29, 0.717) is 23.6 Å². The first kappa shape index (κ1) is 19.1. The van der Waals surface area contributed by atoms with Gasteiger partial charge in [0.15, 0.2) is 0 Å². The highest BCUT2D eigenvalue weighted by Crippen LogP contribution is 2.17. The molecule has 0 atom stereocenters. The Bertz CT molecular complexity index is 738. The van der Waals surface area contributed by atoms with Crippen LogP contribution in [0.25, 0.3) is 0 Å². The fourth-order valence-electron chi connectivity index (χ4n) is 2.55. The fraction of sp³-hybridized carbons (Fsp3) is 0.300. The number of carbonyl (C=O) groups is 2. The third-order valence-electron chi connectivity index (χ3n) is 3.44. The van der Waals surface area contributed by atoms with Crippen molar-refractivity contribution < 1.29 is 14.3 Å². The maximum Gasteiger partial charge on any atom is 0.338 e. The number of thioether (sulfide) groups is 1. The molecule has 0 heterocycles. The molecule has 0 saturated heterocycles. The highest BCUT2D eigenvalue weighted by molar-refractivity contribution is 7.99. The summed E-state index contributed by atoms with van der Waals surface area (Å²) in [4.78, 5) is 23.8. The molecule has 4 nitrogen and oxygen atoms in total. The van der Waals surface area contributed by atoms with Crippen LogP contribution in [0.3, 0.4) is 0 Å². The van der Waals surface area contributed by atoms with Gasteiger partial charge >= 0.3 is 5.97 Å². The van der Waals surface area contributed by atoms with Gasteiger partial charge in [0.1, 0.15) is 0 Å². The van der Waals surface area contributed by atoms with E-state index < -0.39 is 0 Å². The summed E-state index contributed by atoms with van der Waals surface area (Å²) in [5.41, 5.74) is 4.72. The summed E-state index contributed by atoms with van der Waals surface area (Å²) < 4.78 is 4.97. The number of ether oxygens (including phenoxy) is 1. The second kappa shape index (κ2) is 9.28. The van der Waals surface area contributed by atoms with E-state index in [1.807, 2.05) is 0 Å². The molecule has 2 aromatic rings. The van der Waals surface area contributed by atoms with E-state index >= 15 is 0 Å². The molecular formula is C20H23NO3S. The number of amides is 1. The molecule has 0 unspecified atom stereocenters. The molecule has 0 saturated carbocycles. The highest BCUT2D eigenvalue weighted by Gasteiger charge is 2.09. The van der Waals surface area contributed by atoms with Crippen molar-refractivity contribution in [3.8, 4) is 0 Å². The Kier molecular flexibility index (Phi) is 7.07. The molecule has 2 rings (SSSR count). The molecule has 25 heavy (non-hydrogen) atoms. The molecule has 5 heteroatoms. The van der Waals surface area contributed by atoms with Gasteiger partial charge in [-0.2, -0.15) is 0 Å². The summed E-state index contributed by atoms with van der Waals surface area (Å²) in [6.07, 6.45) is 0. The van der Waals surface area contributed by atoms with Crippen molar-refractivity contribution in [1.29, 1.82) is 0 Å². The van der Waals surface area contributed by atoms with Gasteiger partial charge in [0.2, 0.25) is 5.91 Å². The van der Waals surface area contributed by atoms with E-state index in [0.717, 1.165) is 5.75 Å². The van der Waals surface area contributed by atoms with Crippen LogP contribution in [0.15, 0.2) is 42.5 Å². The van der Waals surface area contributed by atoms with Crippen LogP contribution in [0, 0.1) is 13.8 Å². The molecule has 0 aliphatic heterocycles. The molecule has 1 N–H and O–H groups in total. The van der Waals surface area contributed by atoms with Gasteiger partial charge in [-0.15, -0.1) is 11.8 Å². The van der Waals surface area contributed by atoms with Crippen LogP contribution in [0.2, 0.25) is 0 Å². The van der Waals surface area contributed by atoms with Gasteiger partial charge in [0, 0.05) is 11.4 Å². The maximum atomic E-state index is 12.1. The molecule has 0 aliphatic carbocycles. The summed E-state index contributed by atoms with van der Waals surface area (Å²) >= 11 is 1.57. The second-order valence-corrected chi connectivity index (χ2v) is 6.82. The first-order chi connectivity index (χ1) is 12.0. The normalized spacial score (nSPS) is 10.4. The fourth-order valence-corrected chi connectivity index (χ4v) is 3.31. The average molecular weight is 357 g/mol. The highest BCUT2D eigenvalue weighted by atomic mass is 32.2. The van der Waals surface area contributed by atoms with Gasteiger partial charge in [-0.05, 0) is 44.5 Å². The molecule has 0 fully saturated rings. The third kappa shape index (κ3) is 6.27. The van der Waals surface area contributed by atoms with Crippen LogP contribution in [0.5, 0.6) is 0 Å². The number of benzene rings is 2. The average Bonchev–Trinajstić information content (AvgIpc) is 2.54. The summed E-state index contributed by atoms with van der Waals surface area (Å²) in [5, 5.41) is 2.82. The van der Waals surface area contributed by atoms with Crippen LogP contribution in [-0.2, 0) is 15.3 Å². The number of rotatable bonds is 7. The molecule has 0 aliphatic rings. The lowest BCUT2D eigenvalue weighted by atomic mass is 10.1. The van der Waals surface area contributed by atoms with Crippen LogP contribution >= 0.6 is 11.8 Å². The maximum absolute atomic E-state index is 12.1. The minimum absolute atomic E-state index is 0.0876. The number of hydrogen-bond donors (Lipinski definition) is 1. The predicted octanol–water partition coefficient (Wildman–Crippen LogP) is 4.35. The number of nitrogens with one attached hydrogen (secondary N) is 1. The minimum atomic E-state index is -0.386. The number of esters is 1. The van der Waals surface area contributed by atoms with E-state index in [2.05, 4.69) is 37.4 Å². The topological polar surface area (TPSA) is 55.4 Å². The quantitative estimate of drug-likeness (QED) is 0.749. The van der Waals surface area contributed by atoms with Crippen LogP contribution in [0.4, 0.5) is 5.69 Å². The first-order valence-corrected chi connectivity index (χ1v) is 9.35. The molecule has 132 valence electrons. The number of carbonyl (C=O) groups excluding carboxylic acids is 2. The summed E-state index contributed by atoms with van der Waals surface area (Å²) in [6, 6.07) is 13.2. The first-order valence-electron chi connectivity index (χ1n) is 8.20. The minimum Gasteiger partial charge on any atom is -0.462 e. The monoisotopic (exact) mass is 357 g/mol. The summed E-state index contributed by atoms with van der Waals surface area (Å²) in [5.74, 6) is 0.674. The van der Waals surface area contributed by atoms with Gasteiger partial charge in [-0.25, -0.2) is 4.79 Å². The zero-order valence-electron chi connectivity index (χ0n) is 14.8. The van der Waals surface area contributed by atoms with Gasteiger partial charge in [0.05, 0.1) is 17.9 Å². The standard InChI is InChI=1S/C20H23NO3S/c1-4-24-20(23)17-6-5-7-18(11-17)21-19(22)13-25-12-16-9-14(2)8-15(3)10-16/h5-11H,4,12-13H2,1-3H3,(H,21,22). The molecule has 1 amide bonds. The van der Waals surface area contributed by atoms with Crippen molar-refractivity contribution in [3.63, 3.8) is 0 Å². The number of hydrogen-bond acceptors (Lipinski definition) is 4. The van der Waals surface area contributed by atoms with Crippen molar-refractivity contribution in [2.75, 3.05) is 17.7 Å². The Hall–Kier alpha value is -2.27. The number of aryl methyl sites for hydroxylation is 2. The Morgan fingerprint density at radius 3 is 2.48 bits per heavy atom. The zero-order chi connectivity index (χ0) is 18.2. The van der Waals surface area contributed by atoms with Crippen LogP contribution < -0.4 is 5.32 Å². The van der Waals surface area contributed by atoms with Gasteiger partial charge < -0.3 is 10.1 Å². The van der Waals surface area contributed by atoms with E-state index in [4.69, 9.17) is 4.74 Å². The largest absolute Gasteiger partial charge is 0.462 e. The third-order valence-corrected chi connectivity index (χ3v) is 4.44. The smallest absolute Gasteiger partial charge is 0.338 e. The van der Waals surface area contributed by atoms with Crippen molar-refractivity contribution in [3.05, 3.63) is 64.7 Å². The lowest BCUT2D eigenvalue weighted by Gasteiger charge is -2.08. The van der Waals surface area contributed by atoms with Gasteiger partial charge in [0.25, 0.3) is 0 Å². The van der Waals surface area contributed by atoms with E-state index in [-0.39, 0.29) is 11.9 Å². The van der Waals surface area contributed by atoms with E-state index in [9.17, 15) is 9.59 Å². The zero-order valence-corrected chi connectivity index (χ0v) is 15.6. The van der Waals surface area contributed by atoms with Crippen molar-refractivity contribution in [2.45, 2.75) is 26.5 Å². The molecular weight excluding hydrogens is 334 g/mol. The van der Waals surface area contributed by atoms with Crippen molar-refractivity contribution >= 4 is 29.3 Å². The van der Waals surface area contributed by atoms with Gasteiger partial charge in [-0.3, -0.25) is 4.79 Å². The van der Waals surface area contributed by atoms with E-state index in [1.54, 1.807) is 43.0 Å². The summed E-state index contributed by atoms with van der Waals surface area (Å²) in [7, 11) is 0. The molecule has 0 spiro atoms. The molecule has 0 aromatic heterocycles. The lowest BCUT2D eigenvalue weighted by molar-refractivity contribution is -0.113. The molecule has 0 bridgehead atoms. The Morgan fingerprint density at radius 2 is 1.80 bits per heavy atom. The molecule has 0 radical (unpaired) electrons. The number of anilines is 1. The van der Waals surface area contributed by atoms with Crippen LogP contribution in [0.1, 0.15) is 34.0 Å². The lowest BCUT2D eigenvalue weighted by Crippen LogP contribution is -2.15. The van der Waals surface area contributed by atoms with Crippen molar-refractivity contribution in [1.82, 2.24) is 0 Å². The van der Waals surface area contributed by atoms with E-state index in [1.165, 1.54) is 16.7 Å². The predicted molar refractivity (Wildman–Crippen MR) is 103 cm³/mol. The van der Waals surface area contributed by atoms with Crippen molar-refractivity contribution in [2.24, 2.45) is 0 Å². The summed E-state index contributed by atoms with van der Waals surface area (Å²) in [6.45, 7) is 6.23. The van der Waals surface area contributed by atoms with Gasteiger partial charge in [-0.1, -0.05) is 35.4 Å². The SMILES string of the molecule is CCOC(=O)c1cccc(NC(=O)CSCc2cc(C)cc(C)c2)c1. The Labute approximate surface area is 153 Å². The second-order valence-electron chi connectivity index (χ2n) is 5.84. The molecule has 2 aromatic carbocycles. The Balaban J connectivity index is 1.86. The Morgan fingerprint density at radius 1 is 1.08 bits per heavy atom. The van der Waals surface area contributed by atoms with Crippen LogP contribution in [-0.4, -0.2) is 24.2 Å².